The Bertz CT molecular complexity index is 341. The van der Waals surface area contributed by atoms with Gasteiger partial charge in [0.2, 0.25) is 5.28 Å². The molecule has 1 aliphatic rings. The van der Waals surface area contributed by atoms with E-state index in [0.717, 1.165) is 37.4 Å². The van der Waals surface area contributed by atoms with Crippen LogP contribution < -0.4 is 5.32 Å². The summed E-state index contributed by atoms with van der Waals surface area (Å²) in [5.74, 6) is 0.840. The molecular formula is C11H17ClN4. The molecule has 1 aromatic rings. The van der Waals surface area contributed by atoms with Crippen LogP contribution in [0.25, 0.3) is 0 Å². The Balaban J connectivity index is 1.98. The lowest BCUT2D eigenvalue weighted by Crippen LogP contribution is -2.36. The molecule has 0 bridgehead atoms. The van der Waals surface area contributed by atoms with Crippen LogP contribution in [0.5, 0.6) is 0 Å². The summed E-state index contributed by atoms with van der Waals surface area (Å²) in [7, 11) is 2.15. The van der Waals surface area contributed by atoms with Gasteiger partial charge in [-0.15, -0.1) is 0 Å². The fourth-order valence-electron chi connectivity index (χ4n) is 1.97. The summed E-state index contributed by atoms with van der Waals surface area (Å²) >= 11 is 5.82. The molecule has 0 saturated carbocycles. The van der Waals surface area contributed by atoms with Gasteiger partial charge < -0.3 is 10.2 Å². The molecule has 16 heavy (non-hydrogen) atoms. The molecule has 0 aliphatic carbocycles. The van der Waals surface area contributed by atoms with Crippen LogP contribution in [0.3, 0.4) is 0 Å². The number of nitrogens with zero attached hydrogens (tertiary/aromatic N) is 3. The molecule has 2 heterocycles. The third-order valence-corrected chi connectivity index (χ3v) is 3.07. The summed E-state index contributed by atoms with van der Waals surface area (Å²) in [6, 6.07) is 2.44. The first-order valence-electron chi connectivity index (χ1n) is 5.60. The average Bonchev–Trinajstić information content (AvgIpc) is 2.20. The van der Waals surface area contributed by atoms with Crippen molar-refractivity contribution in [3.8, 4) is 0 Å². The van der Waals surface area contributed by atoms with E-state index in [9.17, 15) is 0 Å². The highest BCUT2D eigenvalue weighted by Gasteiger charge is 2.16. The predicted octanol–water partition coefficient (Wildman–Crippen LogP) is 1.94. The molecule has 0 amide bonds. The SMILES string of the molecule is Cc1cc(NC2CCN(C)CC2)nc(Cl)n1. The van der Waals surface area contributed by atoms with E-state index in [4.69, 9.17) is 11.6 Å². The third kappa shape index (κ3) is 3.06. The zero-order chi connectivity index (χ0) is 11.5. The molecule has 0 atom stereocenters. The fourth-order valence-corrected chi connectivity index (χ4v) is 2.19. The minimum absolute atomic E-state index is 0.315. The van der Waals surface area contributed by atoms with E-state index in [0.29, 0.717) is 11.3 Å². The molecular weight excluding hydrogens is 224 g/mol. The minimum Gasteiger partial charge on any atom is -0.367 e. The summed E-state index contributed by atoms with van der Waals surface area (Å²) in [6.07, 6.45) is 2.30. The van der Waals surface area contributed by atoms with Crippen LogP contribution in [0.1, 0.15) is 18.5 Å². The molecule has 0 spiro atoms. The topological polar surface area (TPSA) is 41.0 Å². The van der Waals surface area contributed by atoms with Gasteiger partial charge in [-0.2, -0.15) is 0 Å². The highest BCUT2D eigenvalue weighted by Crippen LogP contribution is 2.16. The molecule has 1 N–H and O–H groups in total. The number of hydrogen-bond donors (Lipinski definition) is 1. The van der Waals surface area contributed by atoms with Crippen LogP contribution in [-0.2, 0) is 0 Å². The zero-order valence-corrected chi connectivity index (χ0v) is 10.5. The largest absolute Gasteiger partial charge is 0.367 e. The number of likely N-dealkylation sites (tertiary alicyclic amines) is 1. The van der Waals surface area contributed by atoms with Gasteiger partial charge in [0, 0.05) is 17.8 Å². The Kier molecular flexibility index (Phi) is 3.61. The number of aromatic nitrogens is 2. The van der Waals surface area contributed by atoms with E-state index in [-0.39, 0.29) is 0 Å². The molecule has 5 heteroatoms. The van der Waals surface area contributed by atoms with Gasteiger partial charge in [-0.1, -0.05) is 0 Å². The van der Waals surface area contributed by atoms with Crippen molar-refractivity contribution in [2.24, 2.45) is 0 Å². The lowest BCUT2D eigenvalue weighted by Gasteiger charge is -2.29. The highest BCUT2D eigenvalue weighted by molar-refractivity contribution is 6.28. The van der Waals surface area contributed by atoms with Crippen LogP contribution in [-0.4, -0.2) is 41.0 Å². The molecule has 1 fully saturated rings. The van der Waals surface area contributed by atoms with Crippen molar-refractivity contribution in [2.75, 3.05) is 25.5 Å². The van der Waals surface area contributed by atoms with E-state index in [1.165, 1.54) is 0 Å². The first-order valence-corrected chi connectivity index (χ1v) is 5.97. The van der Waals surface area contributed by atoms with E-state index < -0.39 is 0 Å². The maximum Gasteiger partial charge on any atom is 0.224 e. The van der Waals surface area contributed by atoms with Gasteiger partial charge in [-0.25, -0.2) is 9.97 Å². The Labute approximate surface area is 101 Å². The molecule has 4 nitrogen and oxygen atoms in total. The van der Waals surface area contributed by atoms with Crippen molar-refractivity contribution < 1.29 is 0 Å². The molecule has 88 valence electrons. The fraction of sp³-hybridized carbons (Fsp3) is 0.636. The Morgan fingerprint density at radius 2 is 2.06 bits per heavy atom. The number of nitrogens with one attached hydrogen (secondary N) is 1. The second kappa shape index (κ2) is 4.97. The molecule has 1 aliphatic heterocycles. The first-order chi connectivity index (χ1) is 7.63. The Morgan fingerprint density at radius 1 is 1.38 bits per heavy atom. The molecule has 2 rings (SSSR count). The summed E-state index contributed by atoms with van der Waals surface area (Å²) in [6.45, 7) is 4.19. The van der Waals surface area contributed by atoms with E-state index in [2.05, 4.69) is 27.2 Å². The second-order valence-corrected chi connectivity index (χ2v) is 4.72. The summed E-state index contributed by atoms with van der Waals surface area (Å²) in [4.78, 5) is 10.6. The Hall–Kier alpha value is -0.870. The van der Waals surface area contributed by atoms with Gasteiger partial charge in [-0.3, -0.25) is 0 Å². The number of anilines is 1. The van der Waals surface area contributed by atoms with Crippen LogP contribution in [0.4, 0.5) is 5.82 Å². The highest BCUT2D eigenvalue weighted by atomic mass is 35.5. The van der Waals surface area contributed by atoms with Crippen LogP contribution in [0, 0.1) is 6.92 Å². The van der Waals surface area contributed by atoms with Crippen LogP contribution in [0.2, 0.25) is 5.28 Å². The first kappa shape index (κ1) is 11.6. The number of rotatable bonds is 2. The van der Waals surface area contributed by atoms with Gasteiger partial charge >= 0.3 is 0 Å². The number of hydrogen-bond acceptors (Lipinski definition) is 4. The van der Waals surface area contributed by atoms with Gasteiger partial charge in [0.1, 0.15) is 5.82 Å². The molecule has 0 radical (unpaired) electrons. The lowest BCUT2D eigenvalue weighted by atomic mass is 10.1. The normalized spacial score (nSPS) is 18.7. The number of piperidine rings is 1. The van der Waals surface area contributed by atoms with Gasteiger partial charge in [0.05, 0.1) is 0 Å². The van der Waals surface area contributed by atoms with E-state index in [1.807, 2.05) is 13.0 Å². The molecule has 0 unspecified atom stereocenters. The van der Waals surface area contributed by atoms with Gasteiger partial charge in [-0.05, 0) is 51.5 Å². The van der Waals surface area contributed by atoms with E-state index in [1.54, 1.807) is 0 Å². The summed E-state index contributed by atoms with van der Waals surface area (Å²) in [5.41, 5.74) is 0.899. The van der Waals surface area contributed by atoms with Crippen LogP contribution >= 0.6 is 11.6 Å². The van der Waals surface area contributed by atoms with Crippen molar-refractivity contribution in [3.05, 3.63) is 17.0 Å². The van der Waals surface area contributed by atoms with Gasteiger partial charge in [0.15, 0.2) is 0 Å². The van der Waals surface area contributed by atoms with Crippen LogP contribution in [0.15, 0.2) is 6.07 Å². The lowest BCUT2D eigenvalue weighted by molar-refractivity contribution is 0.263. The van der Waals surface area contributed by atoms with Crippen molar-refractivity contribution >= 4 is 17.4 Å². The van der Waals surface area contributed by atoms with Crippen molar-refractivity contribution in [1.29, 1.82) is 0 Å². The maximum atomic E-state index is 5.82. The predicted molar refractivity (Wildman–Crippen MR) is 65.9 cm³/mol. The van der Waals surface area contributed by atoms with Gasteiger partial charge in [0.25, 0.3) is 0 Å². The van der Waals surface area contributed by atoms with Crippen molar-refractivity contribution in [2.45, 2.75) is 25.8 Å². The van der Waals surface area contributed by atoms with Crippen molar-refractivity contribution in [3.63, 3.8) is 0 Å². The second-order valence-electron chi connectivity index (χ2n) is 4.39. The average molecular weight is 241 g/mol. The zero-order valence-electron chi connectivity index (χ0n) is 9.70. The third-order valence-electron chi connectivity index (χ3n) is 2.90. The number of halogens is 1. The van der Waals surface area contributed by atoms with E-state index >= 15 is 0 Å². The van der Waals surface area contributed by atoms with Crippen molar-refractivity contribution in [1.82, 2.24) is 14.9 Å². The molecule has 0 aromatic carbocycles. The molecule has 1 aromatic heterocycles. The monoisotopic (exact) mass is 240 g/mol. The molecule has 1 saturated heterocycles. The standard InChI is InChI=1S/C11H17ClN4/c1-8-7-10(15-11(12)13-8)14-9-3-5-16(2)6-4-9/h7,9H,3-6H2,1-2H3,(H,13,14,15). The quantitative estimate of drug-likeness (QED) is 0.803. The summed E-state index contributed by atoms with van der Waals surface area (Å²) in [5, 5.41) is 3.74. The smallest absolute Gasteiger partial charge is 0.224 e. The maximum absolute atomic E-state index is 5.82. The Morgan fingerprint density at radius 3 is 2.69 bits per heavy atom. The summed E-state index contributed by atoms with van der Waals surface area (Å²) < 4.78 is 0. The number of aryl methyl sites for hydroxylation is 1. The minimum atomic E-state index is 0.315.